The van der Waals surface area contributed by atoms with Gasteiger partial charge >= 0.3 is 10.1 Å². The van der Waals surface area contributed by atoms with E-state index in [9.17, 15) is 8.42 Å². The molecule has 0 saturated heterocycles. The second-order valence-corrected chi connectivity index (χ2v) is 5.01. The van der Waals surface area contributed by atoms with Gasteiger partial charge in [-0.3, -0.25) is 4.55 Å². The molecule has 0 spiro atoms. The van der Waals surface area contributed by atoms with Crippen LogP contribution < -0.4 is 4.74 Å². The normalized spacial score (nSPS) is 11.9. The lowest BCUT2D eigenvalue weighted by molar-refractivity contribution is 0.340. The molecule has 1 heterocycles. The fraction of sp³-hybridized carbons (Fsp3) is 0.364. The van der Waals surface area contributed by atoms with Crippen LogP contribution in [0.3, 0.4) is 0 Å². The number of fused-ring (bicyclic) bond motifs is 1. The maximum absolute atomic E-state index is 11.2. The molecule has 1 aromatic carbocycles. The van der Waals surface area contributed by atoms with Gasteiger partial charge in [0.1, 0.15) is 5.75 Å². The molecule has 0 aliphatic carbocycles. The van der Waals surface area contributed by atoms with Crippen LogP contribution in [0, 0.1) is 0 Å². The van der Waals surface area contributed by atoms with E-state index in [-0.39, 0.29) is 5.16 Å². The van der Waals surface area contributed by atoms with Gasteiger partial charge in [-0.2, -0.15) is 8.42 Å². The fourth-order valence-electron chi connectivity index (χ4n) is 1.85. The zero-order valence-electron chi connectivity index (χ0n) is 10.1. The van der Waals surface area contributed by atoms with Crippen molar-refractivity contribution in [1.82, 2.24) is 9.55 Å². The molecule has 6 nitrogen and oxygen atoms in total. The third kappa shape index (κ3) is 2.19. The monoisotopic (exact) mass is 270 g/mol. The van der Waals surface area contributed by atoms with Gasteiger partial charge in [-0.1, -0.05) is 0 Å². The van der Waals surface area contributed by atoms with Crippen LogP contribution in [0.4, 0.5) is 0 Å². The summed E-state index contributed by atoms with van der Waals surface area (Å²) in [5.41, 5.74) is 1.13. The van der Waals surface area contributed by atoms with Crippen molar-refractivity contribution in [2.24, 2.45) is 0 Å². The molecule has 0 fully saturated rings. The molecule has 1 N–H and O–H groups in total. The molecule has 0 bridgehead atoms. The van der Waals surface area contributed by atoms with Gasteiger partial charge in [0.2, 0.25) is 0 Å². The summed E-state index contributed by atoms with van der Waals surface area (Å²) in [7, 11) is -4.32. The molecule has 0 aliphatic heterocycles. The summed E-state index contributed by atoms with van der Waals surface area (Å²) in [6, 6.07) is 5.12. The van der Waals surface area contributed by atoms with Gasteiger partial charge in [0.25, 0.3) is 5.16 Å². The van der Waals surface area contributed by atoms with E-state index in [4.69, 9.17) is 9.29 Å². The fourth-order valence-corrected chi connectivity index (χ4v) is 2.57. The van der Waals surface area contributed by atoms with Crippen LogP contribution in [0.25, 0.3) is 11.0 Å². The van der Waals surface area contributed by atoms with E-state index < -0.39 is 10.1 Å². The molecule has 18 heavy (non-hydrogen) atoms. The molecule has 7 heteroatoms. The number of nitrogens with zero attached hydrogens (tertiary/aromatic N) is 2. The summed E-state index contributed by atoms with van der Waals surface area (Å²) in [4.78, 5) is 3.94. The Kier molecular flexibility index (Phi) is 3.27. The molecule has 0 amide bonds. The van der Waals surface area contributed by atoms with Crippen LogP contribution in [-0.4, -0.2) is 29.1 Å². The van der Waals surface area contributed by atoms with Crippen molar-refractivity contribution in [2.45, 2.75) is 25.5 Å². The molecule has 2 rings (SSSR count). The summed E-state index contributed by atoms with van der Waals surface area (Å²) in [6.07, 6.45) is 0. The number of ether oxygens (including phenoxy) is 1. The lowest BCUT2D eigenvalue weighted by Gasteiger charge is -2.04. The molecule has 0 atom stereocenters. The molecule has 98 valence electrons. The van der Waals surface area contributed by atoms with Crippen LogP contribution in [0.1, 0.15) is 13.8 Å². The Labute approximate surface area is 105 Å². The Balaban J connectivity index is 2.68. The van der Waals surface area contributed by atoms with E-state index >= 15 is 0 Å². The molecule has 1 aromatic heterocycles. The predicted molar refractivity (Wildman–Crippen MR) is 66.4 cm³/mol. The van der Waals surface area contributed by atoms with E-state index in [2.05, 4.69) is 4.98 Å². The lowest BCUT2D eigenvalue weighted by atomic mass is 10.3. The highest BCUT2D eigenvalue weighted by molar-refractivity contribution is 7.85. The van der Waals surface area contributed by atoms with E-state index in [0.29, 0.717) is 29.9 Å². The highest BCUT2D eigenvalue weighted by atomic mass is 32.2. The molecule has 0 aliphatic rings. The van der Waals surface area contributed by atoms with Crippen molar-refractivity contribution in [3.05, 3.63) is 18.2 Å². The summed E-state index contributed by atoms with van der Waals surface area (Å²) in [5, 5.41) is -0.339. The number of imidazole rings is 1. The zero-order chi connectivity index (χ0) is 13.3. The second-order valence-electron chi connectivity index (χ2n) is 3.70. The average molecular weight is 270 g/mol. The minimum absolute atomic E-state index is 0.339. The van der Waals surface area contributed by atoms with Crippen molar-refractivity contribution in [3.8, 4) is 5.75 Å². The minimum Gasteiger partial charge on any atom is -0.494 e. The number of hydrogen-bond donors (Lipinski definition) is 1. The third-order valence-electron chi connectivity index (χ3n) is 2.54. The Bertz CT molecular complexity index is 676. The van der Waals surface area contributed by atoms with Crippen LogP contribution in [0.2, 0.25) is 0 Å². The van der Waals surface area contributed by atoms with Crippen LogP contribution in [-0.2, 0) is 16.7 Å². The summed E-state index contributed by atoms with van der Waals surface area (Å²) in [5.74, 6) is 0.618. The third-order valence-corrected chi connectivity index (χ3v) is 3.32. The van der Waals surface area contributed by atoms with Gasteiger partial charge in [-0.05, 0) is 26.0 Å². The first-order chi connectivity index (χ1) is 8.47. The van der Waals surface area contributed by atoms with Gasteiger partial charge in [0.15, 0.2) is 0 Å². The first kappa shape index (κ1) is 12.8. The Morgan fingerprint density at radius 3 is 2.67 bits per heavy atom. The Morgan fingerprint density at radius 1 is 1.39 bits per heavy atom. The Morgan fingerprint density at radius 2 is 2.11 bits per heavy atom. The summed E-state index contributed by atoms with van der Waals surface area (Å²) >= 11 is 0. The largest absolute Gasteiger partial charge is 0.494 e. The van der Waals surface area contributed by atoms with Gasteiger partial charge in [0.05, 0.1) is 17.6 Å². The highest BCUT2D eigenvalue weighted by Gasteiger charge is 2.20. The smallest absolute Gasteiger partial charge is 0.328 e. The SMILES string of the molecule is CCOc1ccc2c(c1)nc(S(=O)(=O)O)n2CC. The average Bonchev–Trinajstić information content (AvgIpc) is 2.67. The summed E-state index contributed by atoms with van der Waals surface area (Å²) < 4.78 is 38.4. The maximum Gasteiger partial charge on any atom is 0.328 e. The second kappa shape index (κ2) is 4.58. The maximum atomic E-state index is 11.2. The van der Waals surface area contributed by atoms with Crippen LogP contribution in [0.15, 0.2) is 23.4 Å². The standard InChI is InChI=1S/C11H14N2O4S/c1-3-13-10-6-5-8(17-4-2)7-9(10)12-11(13)18(14,15)16/h5-7H,3-4H2,1-2H3,(H,14,15,16). The number of benzene rings is 1. The van der Waals surface area contributed by atoms with E-state index in [1.807, 2.05) is 6.92 Å². The first-order valence-corrected chi connectivity index (χ1v) is 7.02. The Hall–Kier alpha value is -1.60. The van der Waals surface area contributed by atoms with E-state index in [0.717, 1.165) is 0 Å². The van der Waals surface area contributed by atoms with Crippen molar-refractivity contribution < 1.29 is 17.7 Å². The highest BCUT2D eigenvalue weighted by Crippen LogP contribution is 2.23. The van der Waals surface area contributed by atoms with Gasteiger partial charge < -0.3 is 9.30 Å². The number of rotatable bonds is 4. The predicted octanol–water partition coefficient (Wildman–Crippen LogP) is 1.70. The molecular weight excluding hydrogens is 256 g/mol. The quantitative estimate of drug-likeness (QED) is 0.855. The molecule has 0 saturated carbocycles. The lowest BCUT2D eigenvalue weighted by Crippen LogP contribution is -2.08. The van der Waals surface area contributed by atoms with Crippen LogP contribution in [0.5, 0.6) is 5.75 Å². The zero-order valence-corrected chi connectivity index (χ0v) is 10.9. The van der Waals surface area contributed by atoms with Gasteiger partial charge in [-0.25, -0.2) is 4.98 Å². The number of aryl methyl sites for hydroxylation is 1. The van der Waals surface area contributed by atoms with Crippen LogP contribution >= 0.6 is 0 Å². The number of hydrogen-bond acceptors (Lipinski definition) is 4. The molecule has 2 aromatic rings. The topological polar surface area (TPSA) is 81.4 Å². The van der Waals surface area contributed by atoms with E-state index in [1.54, 1.807) is 25.1 Å². The van der Waals surface area contributed by atoms with E-state index in [1.165, 1.54) is 4.57 Å². The molecule has 0 radical (unpaired) electrons. The number of aromatic nitrogens is 2. The van der Waals surface area contributed by atoms with Gasteiger partial charge in [-0.15, -0.1) is 0 Å². The van der Waals surface area contributed by atoms with Crippen molar-refractivity contribution in [2.75, 3.05) is 6.61 Å². The molecular formula is C11H14N2O4S. The summed E-state index contributed by atoms with van der Waals surface area (Å²) in [6.45, 7) is 4.56. The van der Waals surface area contributed by atoms with Crippen molar-refractivity contribution in [3.63, 3.8) is 0 Å². The first-order valence-electron chi connectivity index (χ1n) is 5.58. The van der Waals surface area contributed by atoms with Crippen molar-refractivity contribution in [1.29, 1.82) is 0 Å². The molecule has 0 unspecified atom stereocenters. The van der Waals surface area contributed by atoms with Gasteiger partial charge in [0, 0.05) is 12.6 Å². The minimum atomic E-state index is -4.32. The van der Waals surface area contributed by atoms with Crippen molar-refractivity contribution >= 4 is 21.2 Å².